The third kappa shape index (κ3) is 3.90. The van der Waals surface area contributed by atoms with Crippen LogP contribution in [0.1, 0.15) is 15.9 Å². The van der Waals surface area contributed by atoms with Crippen molar-refractivity contribution in [2.45, 2.75) is 6.92 Å². The summed E-state index contributed by atoms with van der Waals surface area (Å²) < 4.78 is 0. The average Bonchev–Trinajstić information content (AvgIpc) is 2.20. The summed E-state index contributed by atoms with van der Waals surface area (Å²) >= 11 is 5.92. The lowest BCUT2D eigenvalue weighted by atomic mass is 10.1. The van der Waals surface area contributed by atoms with Crippen LogP contribution in [0.3, 0.4) is 0 Å². The minimum Gasteiger partial charge on any atom is -0.345 e. The molecule has 84 valence electrons. The van der Waals surface area contributed by atoms with E-state index < -0.39 is 0 Å². The Balaban J connectivity index is 0.000000921. The number of halogens is 1. The maximum Gasteiger partial charge on any atom is 0.254 e. The van der Waals surface area contributed by atoms with Crippen molar-refractivity contribution >= 4 is 17.5 Å². The summed E-state index contributed by atoms with van der Waals surface area (Å²) in [5.41, 5.74) is 6.11. The fraction of sp³-hybridized carbons (Fsp3) is 0.364. The number of amides is 1. The van der Waals surface area contributed by atoms with E-state index in [0.29, 0.717) is 10.6 Å². The van der Waals surface area contributed by atoms with Crippen LogP contribution in [0.5, 0.6) is 0 Å². The largest absolute Gasteiger partial charge is 0.345 e. The molecule has 4 heteroatoms. The number of hydrogen-bond acceptors (Lipinski definition) is 2. The van der Waals surface area contributed by atoms with Gasteiger partial charge in [0.2, 0.25) is 0 Å². The molecule has 0 aliphatic rings. The first-order chi connectivity index (χ1) is 7.02. The lowest BCUT2D eigenvalue weighted by molar-refractivity contribution is 0.0828. The summed E-state index contributed by atoms with van der Waals surface area (Å²) in [4.78, 5) is 13.0. The minimum atomic E-state index is -0.0648. The molecular formula is C11H17ClN2O. The van der Waals surface area contributed by atoms with E-state index in [1.165, 1.54) is 11.9 Å². The van der Waals surface area contributed by atoms with Gasteiger partial charge in [-0.1, -0.05) is 17.7 Å². The zero-order chi connectivity index (χ0) is 12.0. The highest BCUT2D eigenvalue weighted by Crippen LogP contribution is 2.18. The van der Waals surface area contributed by atoms with Gasteiger partial charge in [0.1, 0.15) is 0 Å². The summed E-state index contributed by atoms with van der Waals surface area (Å²) in [5.74, 6) is -0.0648. The zero-order valence-electron chi connectivity index (χ0n) is 9.54. The van der Waals surface area contributed by atoms with Crippen molar-refractivity contribution in [3.8, 4) is 0 Å². The number of nitrogens with zero attached hydrogens (tertiary/aromatic N) is 1. The monoisotopic (exact) mass is 228 g/mol. The predicted octanol–water partition coefficient (Wildman–Crippen LogP) is 1.93. The second kappa shape index (κ2) is 6.43. The third-order valence-corrected chi connectivity index (χ3v) is 2.07. The molecule has 0 spiro atoms. The number of carbonyl (C=O) groups excluding carboxylic acids is 1. The van der Waals surface area contributed by atoms with E-state index in [0.717, 1.165) is 5.56 Å². The van der Waals surface area contributed by atoms with Gasteiger partial charge >= 0.3 is 0 Å². The molecule has 0 heterocycles. The van der Waals surface area contributed by atoms with Crippen molar-refractivity contribution in [1.29, 1.82) is 0 Å². The molecule has 15 heavy (non-hydrogen) atoms. The second-order valence-corrected chi connectivity index (χ2v) is 3.59. The molecule has 0 bridgehead atoms. The van der Waals surface area contributed by atoms with E-state index in [1.54, 1.807) is 26.2 Å². The van der Waals surface area contributed by atoms with E-state index in [9.17, 15) is 4.79 Å². The maximum absolute atomic E-state index is 11.5. The molecular weight excluding hydrogens is 212 g/mol. The Kier molecular flexibility index (Phi) is 5.97. The number of aryl methyl sites for hydroxylation is 1. The molecule has 0 radical (unpaired) electrons. The van der Waals surface area contributed by atoms with Crippen LogP contribution in [-0.4, -0.2) is 32.0 Å². The summed E-state index contributed by atoms with van der Waals surface area (Å²) in [6.45, 7) is 1.94. The summed E-state index contributed by atoms with van der Waals surface area (Å²) in [7, 11) is 4.91. The molecule has 0 saturated heterocycles. The minimum absolute atomic E-state index is 0.0648. The lowest BCUT2D eigenvalue weighted by Gasteiger charge is -2.11. The standard InChI is InChI=1S/C10H12ClNO.CH5N/c1-7-4-5-8(9(11)6-7)10(13)12(2)3;1-2/h4-6H,1-3H3;2H2,1H3. The molecule has 0 aromatic heterocycles. The van der Waals surface area contributed by atoms with Gasteiger partial charge in [-0.05, 0) is 31.7 Å². The Morgan fingerprint density at radius 1 is 1.33 bits per heavy atom. The van der Waals surface area contributed by atoms with Crippen LogP contribution in [0, 0.1) is 6.92 Å². The first-order valence-corrected chi connectivity index (χ1v) is 4.95. The van der Waals surface area contributed by atoms with Gasteiger partial charge in [0, 0.05) is 14.1 Å². The smallest absolute Gasteiger partial charge is 0.254 e. The zero-order valence-corrected chi connectivity index (χ0v) is 10.3. The maximum atomic E-state index is 11.5. The van der Waals surface area contributed by atoms with Gasteiger partial charge in [-0.15, -0.1) is 0 Å². The number of carbonyl (C=O) groups is 1. The van der Waals surface area contributed by atoms with Gasteiger partial charge in [0.05, 0.1) is 10.6 Å². The van der Waals surface area contributed by atoms with Crippen LogP contribution >= 0.6 is 11.6 Å². The first-order valence-electron chi connectivity index (χ1n) is 4.58. The van der Waals surface area contributed by atoms with Gasteiger partial charge in [-0.25, -0.2) is 0 Å². The van der Waals surface area contributed by atoms with E-state index >= 15 is 0 Å². The molecule has 1 aromatic rings. The van der Waals surface area contributed by atoms with Crippen molar-refractivity contribution < 1.29 is 4.79 Å². The van der Waals surface area contributed by atoms with Crippen LogP contribution in [-0.2, 0) is 0 Å². The van der Waals surface area contributed by atoms with Crippen molar-refractivity contribution in [2.24, 2.45) is 5.73 Å². The number of nitrogens with two attached hydrogens (primary N) is 1. The lowest BCUT2D eigenvalue weighted by Crippen LogP contribution is -2.21. The Hall–Kier alpha value is -1.06. The van der Waals surface area contributed by atoms with E-state index in [1.807, 2.05) is 13.0 Å². The second-order valence-electron chi connectivity index (χ2n) is 3.18. The Morgan fingerprint density at radius 3 is 2.27 bits per heavy atom. The van der Waals surface area contributed by atoms with Crippen molar-refractivity contribution in [2.75, 3.05) is 21.1 Å². The van der Waals surface area contributed by atoms with Crippen LogP contribution in [0.4, 0.5) is 0 Å². The van der Waals surface area contributed by atoms with Crippen LogP contribution < -0.4 is 5.73 Å². The van der Waals surface area contributed by atoms with Crippen LogP contribution in [0.2, 0.25) is 5.02 Å². The summed E-state index contributed by atoms with van der Waals surface area (Å²) in [6.07, 6.45) is 0. The molecule has 1 amide bonds. The van der Waals surface area contributed by atoms with Gasteiger partial charge in [-0.2, -0.15) is 0 Å². The summed E-state index contributed by atoms with van der Waals surface area (Å²) in [5, 5.41) is 0.513. The van der Waals surface area contributed by atoms with Gasteiger partial charge in [-0.3, -0.25) is 4.79 Å². The normalized spacial score (nSPS) is 8.93. The Morgan fingerprint density at radius 2 is 1.87 bits per heavy atom. The van der Waals surface area contributed by atoms with Crippen LogP contribution in [0.25, 0.3) is 0 Å². The molecule has 0 saturated carbocycles. The van der Waals surface area contributed by atoms with E-state index in [2.05, 4.69) is 5.73 Å². The molecule has 1 aromatic carbocycles. The Labute approximate surface area is 95.8 Å². The molecule has 3 nitrogen and oxygen atoms in total. The molecule has 0 aliphatic heterocycles. The van der Waals surface area contributed by atoms with E-state index in [4.69, 9.17) is 11.6 Å². The van der Waals surface area contributed by atoms with Crippen molar-refractivity contribution in [1.82, 2.24) is 4.90 Å². The Bertz CT molecular complexity index is 337. The van der Waals surface area contributed by atoms with Crippen LogP contribution in [0.15, 0.2) is 18.2 Å². The topological polar surface area (TPSA) is 46.3 Å². The van der Waals surface area contributed by atoms with Gasteiger partial charge in [0.15, 0.2) is 0 Å². The SMILES string of the molecule is CN.Cc1ccc(C(=O)N(C)C)c(Cl)c1. The first kappa shape index (κ1) is 13.9. The van der Waals surface area contributed by atoms with Crippen molar-refractivity contribution in [3.63, 3.8) is 0 Å². The quantitative estimate of drug-likeness (QED) is 0.799. The number of benzene rings is 1. The molecule has 1 rings (SSSR count). The average molecular weight is 229 g/mol. The summed E-state index contributed by atoms with van der Waals surface area (Å²) in [6, 6.07) is 5.42. The number of hydrogen-bond donors (Lipinski definition) is 1. The third-order valence-electron chi connectivity index (χ3n) is 1.76. The van der Waals surface area contributed by atoms with Gasteiger partial charge in [0.25, 0.3) is 5.91 Å². The van der Waals surface area contributed by atoms with Crippen molar-refractivity contribution in [3.05, 3.63) is 34.3 Å². The van der Waals surface area contributed by atoms with E-state index in [-0.39, 0.29) is 5.91 Å². The molecule has 0 atom stereocenters. The fourth-order valence-corrected chi connectivity index (χ4v) is 1.35. The fourth-order valence-electron chi connectivity index (χ4n) is 1.03. The molecule has 0 fully saturated rings. The van der Waals surface area contributed by atoms with Gasteiger partial charge < -0.3 is 10.6 Å². The molecule has 0 unspecified atom stereocenters. The highest BCUT2D eigenvalue weighted by molar-refractivity contribution is 6.33. The number of rotatable bonds is 1. The highest BCUT2D eigenvalue weighted by Gasteiger charge is 2.11. The highest BCUT2D eigenvalue weighted by atomic mass is 35.5. The molecule has 0 aliphatic carbocycles. The predicted molar refractivity (Wildman–Crippen MR) is 64.3 cm³/mol. The molecule has 2 N–H and O–H groups in total.